The fraction of sp³-hybridized carbons (Fsp3) is 0.520. The summed E-state index contributed by atoms with van der Waals surface area (Å²) >= 11 is 6.19. The number of halogens is 3. The minimum absolute atomic E-state index is 0.162. The van der Waals surface area contributed by atoms with E-state index in [1.807, 2.05) is 18.2 Å². The van der Waals surface area contributed by atoms with Gasteiger partial charge in [0.2, 0.25) is 0 Å². The normalized spacial score (nSPS) is 20.4. The van der Waals surface area contributed by atoms with Gasteiger partial charge in [-0.1, -0.05) is 29.8 Å². The van der Waals surface area contributed by atoms with E-state index < -0.39 is 25.0 Å². The molecule has 2 amide bonds. The number of nitrogens with one attached hydrogen (secondary N) is 2. The van der Waals surface area contributed by atoms with Gasteiger partial charge in [-0.15, -0.1) is 0 Å². The summed E-state index contributed by atoms with van der Waals surface area (Å²) < 4.78 is 24.6. The van der Waals surface area contributed by atoms with Gasteiger partial charge in [-0.05, 0) is 49.5 Å². The zero-order valence-electron chi connectivity index (χ0n) is 19.4. The molecule has 7 nitrogen and oxygen atoms in total. The lowest BCUT2D eigenvalue weighted by atomic mass is 9.96. The highest BCUT2D eigenvalue weighted by atomic mass is 35.5. The van der Waals surface area contributed by atoms with E-state index in [1.54, 1.807) is 17.0 Å². The number of aliphatic hydroxyl groups excluding tert-OH is 1. The van der Waals surface area contributed by atoms with Crippen molar-refractivity contribution in [2.45, 2.75) is 50.3 Å². The van der Waals surface area contributed by atoms with Gasteiger partial charge < -0.3 is 20.6 Å². The van der Waals surface area contributed by atoms with Crippen LogP contribution in [0.5, 0.6) is 0 Å². The largest absolute Gasteiger partial charge is 0.380 e. The highest BCUT2D eigenvalue weighted by molar-refractivity contribution is 6.34. The van der Waals surface area contributed by atoms with Crippen molar-refractivity contribution in [3.63, 3.8) is 0 Å². The highest BCUT2D eigenvalue weighted by Gasteiger charge is 2.36. The second-order valence-electron chi connectivity index (χ2n) is 9.23. The second-order valence-corrected chi connectivity index (χ2v) is 9.64. The molecule has 4 rings (SSSR count). The number of carbonyl (C=O) groups is 2. The van der Waals surface area contributed by atoms with Crippen LogP contribution < -0.4 is 10.6 Å². The lowest BCUT2D eigenvalue weighted by Crippen LogP contribution is -2.60. The molecule has 190 valence electrons. The molecular formula is C25H31ClF2N4O3. The van der Waals surface area contributed by atoms with Crippen LogP contribution in [-0.4, -0.2) is 84.1 Å². The van der Waals surface area contributed by atoms with Crippen LogP contribution >= 0.6 is 11.6 Å². The van der Waals surface area contributed by atoms with Gasteiger partial charge in [-0.2, -0.15) is 0 Å². The number of rotatable bonds is 8. The van der Waals surface area contributed by atoms with Gasteiger partial charge in [-0.3, -0.25) is 14.5 Å². The molecule has 0 radical (unpaired) electrons. The van der Waals surface area contributed by atoms with Gasteiger partial charge in [0, 0.05) is 37.9 Å². The summed E-state index contributed by atoms with van der Waals surface area (Å²) in [6.45, 7) is 2.27. The Morgan fingerprint density at radius 1 is 1.17 bits per heavy atom. The molecule has 1 atom stereocenters. The summed E-state index contributed by atoms with van der Waals surface area (Å²) in [7, 11) is 0. The average Bonchev–Trinajstić information content (AvgIpc) is 2.84. The monoisotopic (exact) mass is 508 g/mol. The Bertz CT molecular complexity index is 989. The molecule has 2 saturated heterocycles. The van der Waals surface area contributed by atoms with Crippen molar-refractivity contribution in [3.8, 4) is 0 Å². The van der Waals surface area contributed by atoms with Crippen LogP contribution in [0.15, 0.2) is 42.0 Å². The molecular weight excluding hydrogens is 478 g/mol. The molecule has 1 aromatic carbocycles. The molecule has 0 saturated carbocycles. The van der Waals surface area contributed by atoms with E-state index in [9.17, 15) is 23.5 Å². The van der Waals surface area contributed by atoms with Gasteiger partial charge >= 0.3 is 0 Å². The van der Waals surface area contributed by atoms with Crippen molar-refractivity contribution in [1.82, 2.24) is 15.1 Å². The van der Waals surface area contributed by atoms with Crippen molar-refractivity contribution in [2.24, 2.45) is 0 Å². The predicted molar refractivity (Wildman–Crippen MR) is 131 cm³/mol. The first-order valence-electron chi connectivity index (χ1n) is 12.0. The van der Waals surface area contributed by atoms with Crippen molar-refractivity contribution >= 4 is 29.1 Å². The van der Waals surface area contributed by atoms with E-state index in [2.05, 4.69) is 15.5 Å². The number of hydrogen-bond acceptors (Lipinski definition) is 5. The Balaban J connectivity index is 1.20. The van der Waals surface area contributed by atoms with Gasteiger partial charge in [-0.25, -0.2) is 8.78 Å². The molecule has 0 aromatic heterocycles. The van der Waals surface area contributed by atoms with Crippen molar-refractivity contribution in [2.75, 3.05) is 38.0 Å². The highest BCUT2D eigenvalue weighted by Crippen LogP contribution is 2.27. The Labute approximate surface area is 208 Å². The number of likely N-dealkylation sites (tertiary alicyclic amines) is 2. The van der Waals surface area contributed by atoms with E-state index in [-0.39, 0.29) is 22.5 Å². The third-order valence-corrected chi connectivity index (χ3v) is 7.09. The number of amides is 2. The number of allylic oxidation sites excluding steroid dienone is 2. The summed E-state index contributed by atoms with van der Waals surface area (Å²) in [5, 5.41) is 16.2. The number of benzene rings is 1. The molecule has 1 unspecified atom stereocenters. The maximum Gasteiger partial charge on any atom is 0.256 e. The summed E-state index contributed by atoms with van der Waals surface area (Å²) in [6.07, 6.45) is 5.62. The van der Waals surface area contributed by atoms with Crippen molar-refractivity contribution in [1.29, 1.82) is 0 Å². The Hall–Kier alpha value is -2.49. The van der Waals surface area contributed by atoms with Crippen LogP contribution in [0.2, 0.25) is 5.02 Å². The quantitative estimate of drug-likeness (QED) is 0.502. The Kier molecular flexibility index (Phi) is 8.41. The zero-order chi connectivity index (χ0) is 24.9. The molecule has 2 aliphatic heterocycles. The minimum atomic E-state index is -2.61. The SMILES string of the molecule is O=C(NCC(F)F)c1ccc(NC2CN(C3CCN(C(=O)C(O)C4=CCCC=C4)CC3)C2)cc1Cl. The first-order chi connectivity index (χ1) is 16.8. The second kappa shape index (κ2) is 11.5. The molecule has 0 spiro atoms. The fourth-order valence-corrected chi connectivity index (χ4v) is 5.06. The number of carbonyl (C=O) groups excluding carboxylic acids is 2. The lowest BCUT2D eigenvalue weighted by molar-refractivity contribution is -0.140. The third kappa shape index (κ3) is 6.39. The summed E-state index contributed by atoms with van der Waals surface area (Å²) in [4.78, 5) is 28.8. The Morgan fingerprint density at radius 3 is 2.54 bits per heavy atom. The molecule has 2 fully saturated rings. The first-order valence-corrected chi connectivity index (χ1v) is 12.4. The smallest absolute Gasteiger partial charge is 0.256 e. The number of anilines is 1. The van der Waals surface area contributed by atoms with Crippen molar-refractivity contribution < 1.29 is 23.5 Å². The number of alkyl halides is 2. The number of nitrogens with zero attached hydrogens (tertiary/aromatic N) is 2. The zero-order valence-corrected chi connectivity index (χ0v) is 20.2. The molecule has 10 heteroatoms. The van der Waals surface area contributed by atoms with Gasteiger partial charge in [0.15, 0.2) is 6.10 Å². The summed E-state index contributed by atoms with van der Waals surface area (Å²) in [5.74, 6) is -0.839. The summed E-state index contributed by atoms with van der Waals surface area (Å²) in [6, 6.07) is 5.51. The molecule has 0 bridgehead atoms. The Morgan fingerprint density at radius 2 is 1.91 bits per heavy atom. The van der Waals surface area contributed by atoms with E-state index in [4.69, 9.17) is 11.6 Å². The maximum absolute atomic E-state index is 12.7. The van der Waals surface area contributed by atoms with Crippen LogP contribution in [0.25, 0.3) is 0 Å². The topological polar surface area (TPSA) is 84.9 Å². The average molecular weight is 509 g/mol. The van der Waals surface area contributed by atoms with E-state index in [0.717, 1.165) is 44.5 Å². The van der Waals surface area contributed by atoms with Crippen LogP contribution in [0.3, 0.4) is 0 Å². The fourth-order valence-electron chi connectivity index (χ4n) is 4.80. The molecule has 1 aliphatic carbocycles. The molecule has 35 heavy (non-hydrogen) atoms. The van der Waals surface area contributed by atoms with E-state index in [1.165, 1.54) is 6.07 Å². The van der Waals surface area contributed by atoms with Gasteiger partial charge in [0.1, 0.15) is 0 Å². The van der Waals surface area contributed by atoms with Crippen molar-refractivity contribution in [3.05, 3.63) is 52.6 Å². The van der Waals surface area contributed by atoms with Crippen LogP contribution in [0.4, 0.5) is 14.5 Å². The number of piperidine rings is 1. The molecule has 3 aliphatic rings. The summed E-state index contributed by atoms with van der Waals surface area (Å²) in [5.41, 5.74) is 1.63. The lowest BCUT2D eigenvalue weighted by Gasteiger charge is -2.47. The van der Waals surface area contributed by atoms with E-state index in [0.29, 0.717) is 24.7 Å². The predicted octanol–water partition coefficient (Wildman–Crippen LogP) is 3.06. The van der Waals surface area contributed by atoms with Crippen LogP contribution in [0.1, 0.15) is 36.0 Å². The standard InChI is InChI=1S/C25H31ClF2N4O3/c26-21-12-17(6-7-20(21)24(34)29-13-22(27)28)30-18-14-32(15-18)19-8-10-31(11-9-19)25(35)23(33)16-4-2-1-3-5-16/h2,4-7,12,18-19,22-23,30,33H,1,3,8-11,13-15H2,(H,29,34). The van der Waals surface area contributed by atoms with E-state index >= 15 is 0 Å². The first kappa shape index (κ1) is 25.6. The molecule has 1 aromatic rings. The number of aliphatic hydroxyl groups is 1. The van der Waals surface area contributed by atoms with Gasteiger partial charge in [0.05, 0.1) is 23.2 Å². The maximum atomic E-state index is 12.7. The minimum Gasteiger partial charge on any atom is -0.380 e. The van der Waals surface area contributed by atoms with Crippen LogP contribution in [-0.2, 0) is 4.79 Å². The number of hydrogen-bond donors (Lipinski definition) is 3. The molecule has 2 heterocycles. The van der Waals surface area contributed by atoms with Gasteiger partial charge in [0.25, 0.3) is 18.2 Å². The molecule has 3 N–H and O–H groups in total. The van der Waals surface area contributed by atoms with Crippen LogP contribution in [0, 0.1) is 0 Å². The third-order valence-electron chi connectivity index (χ3n) is 6.78.